The van der Waals surface area contributed by atoms with Gasteiger partial charge in [0.2, 0.25) is 5.91 Å². The molecule has 0 spiro atoms. The average Bonchev–Trinajstić information content (AvgIpc) is 3.11. The SMILES string of the molecule is O=C(CCSc1ncccn1)NCc1cnn(-c2ccccc2)c1. The molecule has 1 N–H and O–H groups in total. The lowest BCUT2D eigenvalue weighted by Gasteiger charge is -2.03. The Morgan fingerprint density at radius 2 is 1.92 bits per heavy atom. The number of nitrogens with zero attached hydrogens (tertiary/aromatic N) is 4. The fraction of sp³-hybridized carbons (Fsp3) is 0.176. The van der Waals surface area contributed by atoms with E-state index in [0.717, 1.165) is 11.3 Å². The number of carbonyl (C=O) groups is 1. The molecule has 0 atom stereocenters. The summed E-state index contributed by atoms with van der Waals surface area (Å²) in [6, 6.07) is 11.6. The highest BCUT2D eigenvalue weighted by molar-refractivity contribution is 7.99. The van der Waals surface area contributed by atoms with Gasteiger partial charge < -0.3 is 5.32 Å². The van der Waals surface area contributed by atoms with Gasteiger partial charge in [0.05, 0.1) is 11.9 Å². The number of nitrogens with one attached hydrogen (secondary N) is 1. The lowest BCUT2D eigenvalue weighted by molar-refractivity contribution is -0.120. The summed E-state index contributed by atoms with van der Waals surface area (Å²) in [5.74, 6) is 0.657. The van der Waals surface area contributed by atoms with Crippen LogP contribution in [-0.2, 0) is 11.3 Å². The van der Waals surface area contributed by atoms with Gasteiger partial charge in [-0.2, -0.15) is 5.10 Å². The van der Waals surface area contributed by atoms with Gasteiger partial charge >= 0.3 is 0 Å². The Labute approximate surface area is 144 Å². The first kappa shape index (κ1) is 16.2. The number of carbonyl (C=O) groups excluding carboxylic acids is 1. The second-order valence-electron chi connectivity index (χ2n) is 5.04. The van der Waals surface area contributed by atoms with Crippen LogP contribution in [0, 0.1) is 0 Å². The average molecular weight is 339 g/mol. The lowest BCUT2D eigenvalue weighted by Crippen LogP contribution is -2.22. The second kappa shape index (κ2) is 8.26. The number of benzene rings is 1. The Bertz CT molecular complexity index is 776. The van der Waals surface area contributed by atoms with E-state index in [-0.39, 0.29) is 5.91 Å². The second-order valence-corrected chi connectivity index (χ2v) is 6.10. The minimum atomic E-state index is 0.00546. The minimum Gasteiger partial charge on any atom is -0.352 e. The number of rotatable bonds is 7. The normalized spacial score (nSPS) is 10.5. The molecule has 3 aromatic rings. The molecule has 3 rings (SSSR count). The summed E-state index contributed by atoms with van der Waals surface area (Å²) in [5.41, 5.74) is 1.96. The van der Waals surface area contributed by atoms with Crippen LogP contribution in [0.25, 0.3) is 5.69 Å². The summed E-state index contributed by atoms with van der Waals surface area (Å²) in [6.45, 7) is 0.470. The topological polar surface area (TPSA) is 72.7 Å². The smallest absolute Gasteiger partial charge is 0.221 e. The Kier molecular flexibility index (Phi) is 5.57. The molecular weight excluding hydrogens is 322 g/mol. The van der Waals surface area contributed by atoms with Gasteiger partial charge in [-0.15, -0.1) is 0 Å². The molecule has 0 saturated heterocycles. The van der Waals surface area contributed by atoms with E-state index >= 15 is 0 Å². The fourth-order valence-electron chi connectivity index (χ4n) is 2.06. The number of aromatic nitrogens is 4. The van der Waals surface area contributed by atoms with Crippen LogP contribution in [0.2, 0.25) is 0 Å². The van der Waals surface area contributed by atoms with Crippen LogP contribution < -0.4 is 5.32 Å². The zero-order chi connectivity index (χ0) is 16.6. The highest BCUT2D eigenvalue weighted by Crippen LogP contribution is 2.12. The predicted octanol–water partition coefficient (Wildman–Crippen LogP) is 2.46. The van der Waals surface area contributed by atoms with E-state index in [1.54, 1.807) is 29.3 Å². The molecule has 0 bridgehead atoms. The molecule has 0 aliphatic rings. The summed E-state index contributed by atoms with van der Waals surface area (Å²) in [7, 11) is 0. The van der Waals surface area contributed by atoms with Crippen LogP contribution in [0.4, 0.5) is 0 Å². The van der Waals surface area contributed by atoms with E-state index in [9.17, 15) is 4.79 Å². The third kappa shape index (κ3) is 4.66. The molecule has 6 nitrogen and oxygen atoms in total. The van der Waals surface area contributed by atoms with Crippen molar-refractivity contribution in [2.75, 3.05) is 5.75 Å². The van der Waals surface area contributed by atoms with Crippen LogP contribution >= 0.6 is 11.8 Å². The van der Waals surface area contributed by atoms with Gasteiger partial charge in [-0.1, -0.05) is 30.0 Å². The van der Waals surface area contributed by atoms with Gasteiger partial charge in [0.25, 0.3) is 0 Å². The van der Waals surface area contributed by atoms with Crippen molar-refractivity contribution >= 4 is 17.7 Å². The predicted molar refractivity (Wildman–Crippen MR) is 92.8 cm³/mol. The molecule has 1 amide bonds. The van der Waals surface area contributed by atoms with Gasteiger partial charge in [-0.3, -0.25) is 4.79 Å². The Hall–Kier alpha value is -2.67. The quantitative estimate of drug-likeness (QED) is 0.529. The Morgan fingerprint density at radius 1 is 1.12 bits per heavy atom. The third-order valence-electron chi connectivity index (χ3n) is 3.25. The number of thioether (sulfide) groups is 1. The van der Waals surface area contributed by atoms with Crippen LogP contribution in [0.5, 0.6) is 0 Å². The van der Waals surface area contributed by atoms with Crippen molar-refractivity contribution in [3.8, 4) is 5.69 Å². The Balaban J connectivity index is 1.42. The first-order valence-electron chi connectivity index (χ1n) is 7.57. The molecule has 7 heteroatoms. The van der Waals surface area contributed by atoms with Gasteiger partial charge in [0.1, 0.15) is 0 Å². The highest BCUT2D eigenvalue weighted by atomic mass is 32.2. The minimum absolute atomic E-state index is 0.00546. The molecular formula is C17H17N5OS. The monoisotopic (exact) mass is 339 g/mol. The van der Waals surface area contributed by atoms with Crippen molar-refractivity contribution in [1.82, 2.24) is 25.1 Å². The highest BCUT2D eigenvalue weighted by Gasteiger charge is 2.05. The molecule has 0 unspecified atom stereocenters. The van der Waals surface area contributed by atoms with Crippen LogP contribution in [0.1, 0.15) is 12.0 Å². The number of hydrogen-bond acceptors (Lipinski definition) is 5. The van der Waals surface area contributed by atoms with Crippen molar-refractivity contribution in [3.63, 3.8) is 0 Å². The molecule has 0 saturated carbocycles. The van der Waals surface area contributed by atoms with E-state index < -0.39 is 0 Å². The maximum Gasteiger partial charge on any atom is 0.221 e. The maximum atomic E-state index is 11.9. The lowest BCUT2D eigenvalue weighted by atomic mass is 10.3. The number of amides is 1. The molecule has 0 aliphatic heterocycles. The van der Waals surface area contributed by atoms with Gasteiger partial charge in [0, 0.05) is 42.9 Å². The van der Waals surface area contributed by atoms with Crippen molar-refractivity contribution < 1.29 is 4.79 Å². The van der Waals surface area contributed by atoms with Crippen molar-refractivity contribution in [3.05, 3.63) is 66.7 Å². The first-order valence-corrected chi connectivity index (χ1v) is 8.55. The van der Waals surface area contributed by atoms with E-state index in [2.05, 4.69) is 20.4 Å². The molecule has 0 radical (unpaired) electrons. The molecule has 1 aromatic carbocycles. The van der Waals surface area contributed by atoms with Crippen LogP contribution in [0.3, 0.4) is 0 Å². The van der Waals surface area contributed by atoms with Gasteiger partial charge in [-0.25, -0.2) is 14.6 Å². The summed E-state index contributed by atoms with van der Waals surface area (Å²) >= 11 is 1.47. The van der Waals surface area contributed by atoms with Crippen molar-refractivity contribution in [2.45, 2.75) is 18.1 Å². The van der Waals surface area contributed by atoms with E-state index in [1.807, 2.05) is 36.5 Å². The number of para-hydroxylation sites is 1. The summed E-state index contributed by atoms with van der Waals surface area (Å²) < 4.78 is 1.80. The summed E-state index contributed by atoms with van der Waals surface area (Å²) in [5, 5.41) is 7.90. The zero-order valence-electron chi connectivity index (χ0n) is 13.0. The zero-order valence-corrected chi connectivity index (χ0v) is 13.8. The van der Waals surface area contributed by atoms with Crippen LogP contribution in [0.15, 0.2) is 66.3 Å². The molecule has 2 aromatic heterocycles. The largest absolute Gasteiger partial charge is 0.352 e. The number of hydrogen-bond donors (Lipinski definition) is 1. The summed E-state index contributed by atoms with van der Waals surface area (Å²) in [4.78, 5) is 20.1. The molecule has 0 aliphatic carbocycles. The molecule has 24 heavy (non-hydrogen) atoms. The van der Waals surface area contributed by atoms with Crippen molar-refractivity contribution in [2.24, 2.45) is 0 Å². The standard InChI is InChI=1S/C17H17N5OS/c23-16(7-10-24-17-18-8-4-9-19-17)20-11-14-12-21-22(13-14)15-5-2-1-3-6-15/h1-6,8-9,12-13H,7,10-11H2,(H,20,23). The maximum absolute atomic E-state index is 11.9. The Morgan fingerprint density at radius 3 is 2.71 bits per heavy atom. The molecule has 0 fully saturated rings. The van der Waals surface area contributed by atoms with Crippen molar-refractivity contribution in [1.29, 1.82) is 0 Å². The van der Waals surface area contributed by atoms with Gasteiger partial charge in [-0.05, 0) is 18.2 Å². The fourth-order valence-corrected chi connectivity index (χ4v) is 2.80. The molecule has 122 valence electrons. The van der Waals surface area contributed by atoms with E-state index in [0.29, 0.717) is 23.9 Å². The van der Waals surface area contributed by atoms with E-state index in [4.69, 9.17) is 0 Å². The molecule has 2 heterocycles. The van der Waals surface area contributed by atoms with E-state index in [1.165, 1.54) is 11.8 Å². The third-order valence-corrected chi connectivity index (χ3v) is 4.13. The first-order chi connectivity index (χ1) is 11.8. The summed E-state index contributed by atoms with van der Waals surface area (Å²) in [6.07, 6.45) is 7.50. The van der Waals surface area contributed by atoms with Crippen LogP contribution in [-0.4, -0.2) is 31.4 Å². The van der Waals surface area contributed by atoms with Gasteiger partial charge in [0.15, 0.2) is 5.16 Å².